The Labute approximate surface area is 188 Å². The SMILES string of the molecule is O=C(OCCN1CCN(c2cccc(Cl)c2)CC1)c1cccc2c1Cc1ccccc1-2. The Morgan fingerprint density at radius 3 is 2.52 bits per heavy atom. The smallest absolute Gasteiger partial charge is 0.338 e. The lowest BCUT2D eigenvalue weighted by atomic mass is 10.0. The highest BCUT2D eigenvalue weighted by atomic mass is 35.5. The number of hydrogen-bond donors (Lipinski definition) is 0. The number of ether oxygens (including phenoxy) is 1. The second-order valence-corrected chi connectivity index (χ2v) is 8.55. The van der Waals surface area contributed by atoms with Crippen molar-refractivity contribution in [3.63, 3.8) is 0 Å². The van der Waals surface area contributed by atoms with Gasteiger partial charge < -0.3 is 9.64 Å². The molecule has 1 aliphatic heterocycles. The quantitative estimate of drug-likeness (QED) is 0.420. The number of carbonyl (C=O) groups is 1. The highest BCUT2D eigenvalue weighted by Crippen LogP contribution is 2.38. The lowest BCUT2D eigenvalue weighted by Gasteiger charge is -2.36. The van der Waals surface area contributed by atoms with E-state index in [4.69, 9.17) is 16.3 Å². The van der Waals surface area contributed by atoms with Crippen LogP contribution >= 0.6 is 11.6 Å². The molecule has 0 radical (unpaired) electrons. The molecule has 3 aromatic carbocycles. The molecule has 0 aromatic heterocycles. The molecule has 4 nitrogen and oxygen atoms in total. The fourth-order valence-electron chi connectivity index (χ4n) is 4.60. The van der Waals surface area contributed by atoms with Gasteiger partial charge in [-0.25, -0.2) is 4.79 Å². The summed E-state index contributed by atoms with van der Waals surface area (Å²) in [5.74, 6) is -0.220. The van der Waals surface area contributed by atoms with Gasteiger partial charge in [0.25, 0.3) is 0 Å². The van der Waals surface area contributed by atoms with Crippen LogP contribution in [0.5, 0.6) is 0 Å². The summed E-state index contributed by atoms with van der Waals surface area (Å²) in [6.45, 7) is 4.94. The minimum Gasteiger partial charge on any atom is -0.461 e. The fraction of sp³-hybridized carbons (Fsp3) is 0.269. The zero-order valence-electron chi connectivity index (χ0n) is 17.4. The molecule has 5 heteroatoms. The number of benzene rings is 3. The Bertz CT molecular complexity index is 1110. The third-order valence-corrected chi connectivity index (χ3v) is 6.49. The van der Waals surface area contributed by atoms with Crippen molar-refractivity contribution in [2.24, 2.45) is 0 Å². The first-order valence-corrected chi connectivity index (χ1v) is 11.2. The van der Waals surface area contributed by atoms with Gasteiger partial charge in [0.2, 0.25) is 0 Å². The van der Waals surface area contributed by atoms with Crippen molar-refractivity contribution in [2.45, 2.75) is 6.42 Å². The Hall–Kier alpha value is -2.82. The standard InChI is InChI=1S/C26H25ClN2O2/c27-20-6-3-7-21(18-20)29-13-11-28(12-14-29)15-16-31-26(30)24-10-4-9-23-22-8-2-1-5-19(22)17-25(23)24/h1-10,18H,11-17H2. The Morgan fingerprint density at radius 1 is 0.903 bits per heavy atom. The zero-order chi connectivity index (χ0) is 21.2. The largest absolute Gasteiger partial charge is 0.461 e. The predicted octanol–water partition coefficient (Wildman–Crippen LogP) is 4.89. The number of hydrogen-bond acceptors (Lipinski definition) is 4. The van der Waals surface area contributed by atoms with Crippen molar-refractivity contribution in [3.05, 3.63) is 88.4 Å². The van der Waals surface area contributed by atoms with E-state index in [0.29, 0.717) is 12.2 Å². The van der Waals surface area contributed by atoms with Crippen molar-refractivity contribution in [2.75, 3.05) is 44.2 Å². The molecule has 3 aromatic rings. The predicted molar refractivity (Wildman–Crippen MR) is 125 cm³/mol. The molecule has 0 spiro atoms. The molecule has 158 valence electrons. The molecule has 0 saturated carbocycles. The fourth-order valence-corrected chi connectivity index (χ4v) is 4.78. The molecule has 0 bridgehead atoms. The molecule has 31 heavy (non-hydrogen) atoms. The molecule has 2 aliphatic rings. The zero-order valence-corrected chi connectivity index (χ0v) is 18.1. The summed E-state index contributed by atoms with van der Waals surface area (Å²) in [5, 5.41) is 0.766. The van der Waals surface area contributed by atoms with E-state index in [-0.39, 0.29) is 5.97 Å². The van der Waals surface area contributed by atoms with E-state index in [2.05, 4.69) is 40.1 Å². The van der Waals surface area contributed by atoms with Gasteiger partial charge in [-0.15, -0.1) is 0 Å². The lowest BCUT2D eigenvalue weighted by Crippen LogP contribution is -2.47. The molecule has 1 saturated heterocycles. The van der Waals surface area contributed by atoms with E-state index in [1.54, 1.807) is 0 Å². The molecule has 0 atom stereocenters. The minimum absolute atomic E-state index is 0.220. The van der Waals surface area contributed by atoms with Crippen LogP contribution in [0, 0.1) is 0 Å². The molecule has 1 aliphatic carbocycles. The van der Waals surface area contributed by atoms with Gasteiger partial charge in [0.15, 0.2) is 0 Å². The number of carbonyl (C=O) groups excluding carboxylic acids is 1. The van der Waals surface area contributed by atoms with Crippen molar-refractivity contribution >= 4 is 23.3 Å². The molecule has 1 fully saturated rings. The number of rotatable bonds is 5. The van der Waals surface area contributed by atoms with E-state index in [1.165, 1.54) is 11.1 Å². The molecule has 1 heterocycles. The summed E-state index contributed by atoms with van der Waals surface area (Å²) in [5.41, 5.74) is 6.60. The van der Waals surface area contributed by atoms with Crippen molar-refractivity contribution < 1.29 is 9.53 Å². The van der Waals surface area contributed by atoms with Crippen LogP contribution in [0.3, 0.4) is 0 Å². The first-order chi connectivity index (χ1) is 15.2. The summed E-state index contributed by atoms with van der Waals surface area (Å²) in [6.07, 6.45) is 0.794. The Balaban J connectivity index is 1.14. The summed E-state index contributed by atoms with van der Waals surface area (Å²) < 4.78 is 5.67. The van der Waals surface area contributed by atoms with Crippen LogP contribution in [0.4, 0.5) is 5.69 Å². The van der Waals surface area contributed by atoms with E-state index >= 15 is 0 Å². The molecule has 5 rings (SSSR count). The van der Waals surface area contributed by atoms with Gasteiger partial charge in [-0.2, -0.15) is 0 Å². The van der Waals surface area contributed by atoms with Crippen molar-refractivity contribution in [3.8, 4) is 11.1 Å². The van der Waals surface area contributed by atoms with Gasteiger partial charge in [0.1, 0.15) is 6.61 Å². The third-order valence-electron chi connectivity index (χ3n) is 6.26. The van der Waals surface area contributed by atoms with E-state index in [9.17, 15) is 4.79 Å². The average molecular weight is 433 g/mol. The minimum atomic E-state index is -0.220. The highest BCUT2D eigenvalue weighted by molar-refractivity contribution is 6.30. The van der Waals surface area contributed by atoms with Crippen LogP contribution in [0.25, 0.3) is 11.1 Å². The second kappa shape index (κ2) is 8.74. The van der Waals surface area contributed by atoms with Crippen molar-refractivity contribution in [1.82, 2.24) is 4.90 Å². The normalized spacial score (nSPS) is 15.5. The second-order valence-electron chi connectivity index (χ2n) is 8.11. The Morgan fingerprint density at radius 2 is 1.68 bits per heavy atom. The first kappa shape index (κ1) is 20.1. The van der Waals surface area contributed by atoms with Gasteiger partial charge in [0.05, 0.1) is 5.56 Å². The first-order valence-electron chi connectivity index (χ1n) is 10.8. The topological polar surface area (TPSA) is 32.8 Å². The van der Waals surface area contributed by atoms with Crippen LogP contribution in [-0.4, -0.2) is 50.2 Å². The monoisotopic (exact) mass is 432 g/mol. The summed E-state index contributed by atoms with van der Waals surface area (Å²) in [6, 6.07) is 22.3. The molecule has 0 N–H and O–H groups in total. The van der Waals surface area contributed by atoms with Gasteiger partial charge >= 0.3 is 5.97 Å². The van der Waals surface area contributed by atoms with E-state index in [0.717, 1.165) is 61.0 Å². The average Bonchev–Trinajstić information content (AvgIpc) is 3.18. The van der Waals surface area contributed by atoms with Gasteiger partial charge in [0, 0.05) is 43.4 Å². The lowest BCUT2D eigenvalue weighted by molar-refractivity contribution is 0.0458. The molecule has 0 amide bonds. The van der Waals surface area contributed by atoms with E-state index < -0.39 is 0 Å². The molecular weight excluding hydrogens is 408 g/mol. The van der Waals surface area contributed by atoms with E-state index in [1.807, 2.05) is 36.4 Å². The molecule has 0 unspecified atom stereocenters. The van der Waals surface area contributed by atoms with Crippen LogP contribution < -0.4 is 4.90 Å². The number of anilines is 1. The van der Waals surface area contributed by atoms with Crippen LogP contribution in [0.1, 0.15) is 21.5 Å². The number of piperazine rings is 1. The van der Waals surface area contributed by atoms with Gasteiger partial charge in [-0.05, 0) is 52.9 Å². The van der Waals surface area contributed by atoms with Crippen LogP contribution in [-0.2, 0) is 11.2 Å². The van der Waals surface area contributed by atoms with Gasteiger partial charge in [-0.3, -0.25) is 4.90 Å². The maximum Gasteiger partial charge on any atom is 0.338 e. The summed E-state index contributed by atoms with van der Waals surface area (Å²) in [4.78, 5) is 17.5. The number of nitrogens with zero attached hydrogens (tertiary/aromatic N) is 2. The summed E-state index contributed by atoms with van der Waals surface area (Å²) in [7, 11) is 0. The molecular formula is C26H25ClN2O2. The maximum atomic E-state index is 12.8. The maximum absolute atomic E-state index is 12.8. The highest BCUT2D eigenvalue weighted by Gasteiger charge is 2.24. The number of fused-ring (bicyclic) bond motifs is 3. The van der Waals surface area contributed by atoms with Crippen molar-refractivity contribution in [1.29, 1.82) is 0 Å². The van der Waals surface area contributed by atoms with Crippen LogP contribution in [0.2, 0.25) is 5.02 Å². The van der Waals surface area contributed by atoms with Crippen LogP contribution in [0.15, 0.2) is 66.7 Å². The number of esters is 1. The van der Waals surface area contributed by atoms with Gasteiger partial charge in [-0.1, -0.05) is 54.1 Å². The summed E-state index contributed by atoms with van der Waals surface area (Å²) >= 11 is 6.12. The Kier molecular flexibility index (Phi) is 5.66. The third kappa shape index (κ3) is 4.18. The number of halogens is 1.